The summed E-state index contributed by atoms with van der Waals surface area (Å²) in [6, 6.07) is 18.7. The van der Waals surface area contributed by atoms with Crippen LogP contribution in [0.1, 0.15) is 22.9 Å². The second-order valence-corrected chi connectivity index (χ2v) is 6.50. The van der Waals surface area contributed by atoms with E-state index in [1.165, 1.54) is 24.3 Å². The Morgan fingerprint density at radius 1 is 0.926 bits per heavy atom. The van der Waals surface area contributed by atoms with Gasteiger partial charge in [-0.05, 0) is 53.9 Å². The van der Waals surface area contributed by atoms with Crippen molar-refractivity contribution in [2.24, 2.45) is 0 Å². The molecule has 0 saturated heterocycles. The van der Waals surface area contributed by atoms with Crippen LogP contribution in [-0.4, -0.2) is 9.38 Å². The Kier molecular flexibility index (Phi) is 4.94. The van der Waals surface area contributed by atoms with Gasteiger partial charge in [0.05, 0.1) is 11.9 Å². The molecule has 0 aliphatic rings. The first-order valence-corrected chi connectivity index (χ1v) is 8.83. The van der Waals surface area contributed by atoms with Crippen LogP contribution in [0.2, 0.25) is 0 Å². The van der Waals surface area contributed by atoms with E-state index in [1.54, 1.807) is 12.1 Å². The topological polar surface area (TPSA) is 29.3 Å². The fourth-order valence-electron chi connectivity index (χ4n) is 3.27. The summed E-state index contributed by atoms with van der Waals surface area (Å²) in [7, 11) is 0. The number of nitrogens with zero attached hydrogens (tertiary/aromatic N) is 2. The molecular formula is C22H19F2N3. The van der Waals surface area contributed by atoms with Crippen LogP contribution in [0.5, 0.6) is 0 Å². The van der Waals surface area contributed by atoms with Gasteiger partial charge in [0.15, 0.2) is 0 Å². The summed E-state index contributed by atoms with van der Waals surface area (Å²) in [4.78, 5) is 4.39. The van der Waals surface area contributed by atoms with Crippen LogP contribution in [0.4, 0.5) is 8.78 Å². The zero-order valence-electron chi connectivity index (χ0n) is 14.6. The minimum atomic E-state index is -0.284. The predicted octanol–water partition coefficient (Wildman–Crippen LogP) is 4.69. The van der Waals surface area contributed by atoms with Crippen LogP contribution in [0, 0.1) is 11.6 Å². The maximum Gasteiger partial charge on any atom is 0.136 e. The molecule has 1 unspecified atom stereocenters. The van der Waals surface area contributed by atoms with E-state index in [2.05, 4.69) is 10.3 Å². The average molecular weight is 363 g/mol. The summed E-state index contributed by atoms with van der Waals surface area (Å²) >= 11 is 0. The number of halogens is 2. The van der Waals surface area contributed by atoms with E-state index < -0.39 is 0 Å². The van der Waals surface area contributed by atoms with Gasteiger partial charge >= 0.3 is 0 Å². The highest BCUT2D eigenvalue weighted by Gasteiger charge is 2.14. The molecule has 136 valence electrons. The molecule has 5 heteroatoms. The quantitative estimate of drug-likeness (QED) is 0.539. The number of hydrogen-bond acceptors (Lipinski definition) is 2. The minimum Gasteiger partial charge on any atom is -0.304 e. The lowest BCUT2D eigenvalue weighted by atomic mass is 9.98. The second kappa shape index (κ2) is 7.68. The minimum absolute atomic E-state index is 0.156. The van der Waals surface area contributed by atoms with Gasteiger partial charge in [-0.15, -0.1) is 0 Å². The number of pyridine rings is 1. The summed E-state index contributed by atoms with van der Waals surface area (Å²) < 4.78 is 29.3. The van der Waals surface area contributed by atoms with E-state index in [-0.39, 0.29) is 17.7 Å². The number of rotatable bonds is 6. The Balaban J connectivity index is 1.59. The highest BCUT2D eigenvalue weighted by atomic mass is 19.1. The number of imidazole rings is 1. The molecule has 3 nitrogen and oxygen atoms in total. The molecule has 1 atom stereocenters. The average Bonchev–Trinajstić information content (AvgIpc) is 3.08. The van der Waals surface area contributed by atoms with E-state index in [1.807, 2.05) is 47.1 Å². The molecule has 0 amide bonds. The maximum atomic E-state index is 13.8. The van der Waals surface area contributed by atoms with Crippen molar-refractivity contribution in [3.63, 3.8) is 0 Å². The van der Waals surface area contributed by atoms with Crippen LogP contribution in [0.25, 0.3) is 5.65 Å². The van der Waals surface area contributed by atoms with E-state index >= 15 is 0 Å². The molecule has 0 radical (unpaired) electrons. The summed E-state index contributed by atoms with van der Waals surface area (Å²) in [5.74, 6) is -0.555. The molecule has 0 aliphatic heterocycles. The number of hydrogen-bond donors (Lipinski definition) is 1. The number of nitrogens with one attached hydrogen (secondary N) is 1. The SMILES string of the molecule is Fc1cccc(CC(NCc2cnc3ccccn23)c2cccc(F)c2)c1. The standard InChI is InChI=1S/C22H19F2N3/c23-18-7-3-5-16(11-18)12-21(17-6-4-8-19(24)13-17)25-14-20-15-26-22-9-1-2-10-27(20)22/h1-11,13,15,21,25H,12,14H2. The third-order valence-electron chi connectivity index (χ3n) is 4.60. The summed E-state index contributed by atoms with van der Waals surface area (Å²) in [6.07, 6.45) is 4.34. The van der Waals surface area contributed by atoms with Gasteiger partial charge < -0.3 is 9.72 Å². The van der Waals surface area contributed by atoms with E-state index in [4.69, 9.17) is 0 Å². The maximum absolute atomic E-state index is 13.8. The Morgan fingerprint density at radius 3 is 2.56 bits per heavy atom. The van der Waals surface area contributed by atoms with Gasteiger partial charge in [0.2, 0.25) is 0 Å². The van der Waals surface area contributed by atoms with Gasteiger partial charge in [-0.1, -0.05) is 30.3 Å². The third-order valence-corrected chi connectivity index (χ3v) is 4.60. The molecule has 0 aliphatic carbocycles. The van der Waals surface area contributed by atoms with E-state index in [9.17, 15) is 8.78 Å². The first kappa shape index (κ1) is 17.4. The van der Waals surface area contributed by atoms with Crippen molar-refractivity contribution in [2.75, 3.05) is 0 Å². The molecular weight excluding hydrogens is 344 g/mol. The van der Waals surface area contributed by atoms with Crippen LogP contribution < -0.4 is 5.32 Å². The first-order valence-electron chi connectivity index (χ1n) is 8.83. The molecule has 27 heavy (non-hydrogen) atoms. The second-order valence-electron chi connectivity index (χ2n) is 6.50. The third kappa shape index (κ3) is 4.04. The zero-order chi connectivity index (χ0) is 18.6. The summed E-state index contributed by atoms with van der Waals surface area (Å²) in [5, 5.41) is 3.48. The van der Waals surface area contributed by atoms with Gasteiger partial charge in [-0.3, -0.25) is 0 Å². The van der Waals surface area contributed by atoms with Crippen molar-refractivity contribution in [2.45, 2.75) is 19.0 Å². The van der Waals surface area contributed by atoms with Crippen molar-refractivity contribution in [1.29, 1.82) is 0 Å². The fourth-order valence-corrected chi connectivity index (χ4v) is 3.27. The van der Waals surface area contributed by atoms with Gasteiger partial charge in [0.25, 0.3) is 0 Å². The Bertz CT molecular complexity index is 1060. The van der Waals surface area contributed by atoms with Gasteiger partial charge in [-0.25, -0.2) is 13.8 Å². The lowest BCUT2D eigenvalue weighted by Crippen LogP contribution is -2.23. The molecule has 4 aromatic rings. The molecule has 0 spiro atoms. The normalized spacial score (nSPS) is 12.4. The monoisotopic (exact) mass is 363 g/mol. The zero-order valence-corrected chi connectivity index (χ0v) is 14.6. The van der Waals surface area contributed by atoms with Gasteiger partial charge in [0, 0.05) is 18.8 Å². The van der Waals surface area contributed by atoms with Crippen molar-refractivity contribution in [3.05, 3.63) is 108 Å². The van der Waals surface area contributed by atoms with E-state index in [0.717, 1.165) is 22.5 Å². The highest BCUT2D eigenvalue weighted by Crippen LogP contribution is 2.21. The summed E-state index contributed by atoms with van der Waals surface area (Å²) in [6.45, 7) is 0.557. The highest BCUT2D eigenvalue weighted by molar-refractivity contribution is 5.39. The van der Waals surface area contributed by atoms with Crippen molar-refractivity contribution < 1.29 is 8.78 Å². The Hall–Kier alpha value is -3.05. The largest absolute Gasteiger partial charge is 0.304 e. The van der Waals surface area contributed by atoms with Crippen LogP contribution in [0.15, 0.2) is 79.1 Å². The Morgan fingerprint density at radius 2 is 1.74 bits per heavy atom. The molecule has 4 rings (SSSR count). The fraction of sp³-hybridized carbons (Fsp3) is 0.136. The number of fused-ring (bicyclic) bond motifs is 1. The molecule has 1 N–H and O–H groups in total. The number of aromatic nitrogens is 2. The van der Waals surface area contributed by atoms with E-state index in [0.29, 0.717) is 13.0 Å². The van der Waals surface area contributed by atoms with Crippen molar-refractivity contribution >= 4 is 5.65 Å². The molecule has 2 heterocycles. The van der Waals surface area contributed by atoms with Crippen molar-refractivity contribution in [1.82, 2.24) is 14.7 Å². The molecule has 2 aromatic heterocycles. The van der Waals surface area contributed by atoms with Crippen LogP contribution in [0.3, 0.4) is 0 Å². The first-order chi connectivity index (χ1) is 13.2. The lowest BCUT2D eigenvalue weighted by molar-refractivity contribution is 0.517. The van der Waals surface area contributed by atoms with Gasteiger partial charge in [-0.2, -0.15) is 0 Å². The number of benzene rings is 2. The summed E-state index contributed by atoms with van der Waals surface area (Å²) in [5.41, 5.74) is 3.57. The van der Waals surface area contributed by atoms with Crippen molar-refractivity contribution in [3.8, 4) is 0 Å². The van der Waals surface area contributed by atoms with Gasteiger partial charge in [0.1, 0.15) is 17.3 Å². The van der Waals surface area contributed by atoms with Crippen LogP contribution >= 0.6 is 0 Å². The smallest absolute Gasteiger partial charge is 0.136 e. The predicted molar refractivity (Wildman–Crippen MR) is 101 cm³/mol. The molecule has 0 bridgehead atoms. The Labute approximate surface area is 156 Å². The lowest BCUT2D eigenvalue weighted by Gasteiger charge is -2.20. The molecule has 0 saturated carbocycles. The molecule has 2 aromatic carbocycles. The van der Waals surface area contributed by atoms with Crippen LogP contribution in [-0.2, 0) is 13.0 Å². The molecule has 0 fully saturated rings.